The monoisotopic (exact) mass is 231 g/mol. The van der Waals surface area contributed by atoms with E-state index in [1.165, 1.54) is 38.5 Å². The number of hydrogen-bond donors (Lipinski definition) is 0. The van der Waals surface area contributed by atoms with Gasteiger partial charge in [-0.05, 0) is 56.3 Å². The van der Waals surface area contributed by atoms with Crippen LogP contribution in [0.2, 0.25) is 0 Å². The fourth-order valence-electron chi connectivity index (χ4n) is 5.15. The van der Waals surface area contributed by atoms with E-state index in [1.54, 1.807) is 0 Å². The van der Waals surface area contributed by atoms with E-state index >= 15 is 0 Å². The minimum Gasteiger partial charge on any atom is -0.448 e. The van der Waals surface area contributed by atoms with Crippen molar-refractivity contribution in [2.75, 3.05) is 6.54 Å². The number of hydrogen-bond acceptors (Lipinski definition) is 2. The molecule has 1 heterocycles. The summed E-state index contributed by atoms with van der Waals surface area (Å²) in [5, 5.41) is 0. The number of aliphatic imine (C=N–C) groups is 1. The van der Waals surface area contributed by atoms with Gasteiger partial charge < -0.3 is 4.74 Å². The normalized spacial score (nSPS) is 47.9. The fraction of sp³-hybridized carbons (Fsp3) is 0.800. The molecule has 0 aromatic rings. The molecule has 0 radical (unpaired) electrons. The average molecular weight is 231 g/mol. The van der Waals surface area contributed by atoms with E-state index in [2.05, 4.69) is 6.58 Å². The molecule has 17 heavy (non-hydrogen) atoms. The lowest BCUT2D eigenvalue weighted by atomic mass is 9.49. The van der Waals surface area contributed by atoms with Crippen molar-refractivity contribution in [2.45, 2.75) is 44.9 Å². The molecule has 92 valence electrons. The van der Waals surface area contributed by atoms with Crippen molar-refractivity contribution in [3.8, 4) is 0 Å². The molecule has 0 saturated heterocycles. The summed E-state index contributed by atoms with van der Waals surface area (Å²) in [5.41, 5.74) is 0.318. The predicted molar refractivity (Wildman–Crippen MR) is 67.7 cm³/mol. The maximum Gasteiger partial charge on any atom is 0.195 e. The second-order valence-electron chi connectivity index (χ2n) is 6.78. The van der Waals surface area contributed by atoms with Crippen molar-refractivity contribution < 1.29 is 4.74 Å². The summed E-state index contributed by atoms with van der Waals surface area (Å²) in [6.45, 7) is 4.89. The molecule has 0 amide bonds. The lowest BCUT2D eigenvalue weighted by molar-refractivity contribution is -0.0231. The highest BCUT2D eigenvalue weighted by Gasteiger charge is 2.54. The van der Waals surface area contributed by atoms with Gasteiger partial charge >= 0.3 is 0 Å². The molecule has 4 bridgehead atoms. The van der Waals surface area contributed by atoms with E-state index in [9.17, 15) is 0 Å². The standard InChI is InChI=1S/C15H21NO/c1-10-2-3-16-14(17-10)15-7-11-4-12(8-15)6-13(5-11)9-15/h11-13H,1-9H2. The zero-order chi connectivity index (χ0) is 11.5. The van der Waals surface area contributed by atoms with E-state index in [-0.39, 0.29) is 0 Å². The van der Waals surface area contributed by atoms with Crippen LogP contribution in [-0.4, -0.2) is 12.4 Å². The average Bonchev–Trinajstić information content (AvgIpc) is 2.27. The third kappa shape index (κ3) is 1.49. The van der Waals surface area contributed by atoms with Gasteiger partial charge in [-0.25, -0.2) is 0 Å². The predicted octanol–water partition coefficient (Wildman–Crippen LogP) is 3.54. The Morgan fingerprint density at radius 3 is 2.18 bits per heavy atom. The Labute approximate surface area is 103 Å². The molecule has 2 nitrogen and oxygen atoms in total. The van der Waals surface area contributed by atoms with Gasteiger partial charge in [-0.3, -0.25) is 4.99 Å². The zero-order valence-corrected chi connectivity index (χ0v) is 10.5. The highest BCUT2D eigenvalue weighted by atomic mass is 16.5. The Balaban J connectivity index is 1.68. The molecule has 4 fully saturated rings. The van der Waals surface area contributed by atoms with Crippen LogP contribution >= 0.6 is 0 Å². The summed E-state index contributed by atoms with van der Waals surface area (Å²) < 4.78 is 5.93. The molecule has 0 spiro atoms. The van der Waals surface area contributed by atoms with Gasteiger partial charge in [0.1, 0.15) is 5.76 Å². The van der Waals surface area contributed by atoms with Crippen LogP contribution in [0.4, 0.5) is 0 Å². The topological polar surface area (TPSA) is 21.6 Å². The second kappa shape index (κ2) is 3.37. The Hall–Kier alpha value is -0.790. The van der Waals surface area contributed by atoms with Crippen LogP contribution in [0.1, 0.15) is 44.9 Å². The molecule has 5 aliphatic rings. The molecule has 2 heteroatoms. The first-order valence-electron chi connectivity index (χ1n) is 7.14. The summed E-state index contributed by atoms with van der Waals surface area (Å²) in [7, 11) is 0. The first-order valence-corrected chi connectivity index (χ1v) is 7.14. The first kappa shape index (κ1) is 10.2. The molecule has 0 aromatic carbocycles. The van der Waals surface area contributed by atoms with Gasteiger partial charge in [0.25, 0.3) is 0 Å². The SMILES string of the molecule is C=C1CCN=C(C23CC4CC(CC(C4)C2)C3)O1. The van der Waals surface area contributed by atoms with Crippen molar-refractivity contribution in [3.05, 3.63) is 12.3 Å². The summed E-state index contributed by atoms with van der Waals surface area (Å²) in [6, 6.07) is 0. The van der Waals surface area contributed by atoms with Crippen molar-refractivity contribution in [1.82, 2.24) is 0 Å². The minimum atomic E-state index is 0.318. The van der Waals surface area contributed by atoms with Crippen LogP contribution in [-0.2, 0) is 4.74 Å². The lowest BCUT2D eigenvalue weighted by Gasteiger charge is -2.56. The summed E-state index contributed by atoms with van der Waals surface area (Å²) >= 11 is 0. The number of rotatable bonds is 1. The van der Waals surface area contributed by atoms with Crippen LogP contribution in [0.5, 0.6) is 0 Å². The zero-order valence-electron chi connectivity index (χ0n) is 10.5. The van der Waals surface area contributed by atoms with Gasteiger partial charge in [0, 0.05) is 18.4 Å². The fourth-order valence-corrected chi connectivity index (χ4v) is 5.15. The molecule has 0 unspecified atom stereocenters. The van der Waals surface area contributed by atoms with Crippen LogP contribution < -0.4 is 0 Å². The van der Waals surface area contributed by atoms with Crippen LogP contribution in [0, 0.1) is 23.2 Å². The van der Waals surface area contributed by atoms with Gasteiger partial charge in [-0.1, -0.05) is 6.58 Å². The molecular weight excluding hydrogens is 210 g/mol. The first-order chi connectivity index (χ1) is 8.23. The molecule has 0 atom stereocenters. The van der Waals surface area contributed by atoms with Gasteiger partial charge in [-0.2, -0.15) is 0 Å². The maximum absolute atomic E-state index is 5.93. The number of nitrogens with zero attached hydrogens (tertiary/aromatic N) is 1. The molecule has 1 aliphatic heterocycles. The second-order valence-corrected chi connectivity index (χ2v) is 6.78. The molecule has 4 aliphatic carbocycles. The Bertz CT molecular complexity index is 360. The maximum atomic E-state index is 5.93. The largest absolute Gasteiger partial charge is 0.448 e. The Kier molecular flexibility index (Phi) is 2.01. The molecule has 5 rings (SSSR count). The minimum absolute atomic E-state index is 0.318. The van der Waals surface area contributed by atoms with E-state index in [0.29, 0.717) is 5.41 Å². The Morgan fingerprint density at radius 2 is 1.65 bits per heavy atom. The summed E-state index contributed by atoms with van der Waals surface area (Å²) in [6.07, 6.45) is 9.37. The van der Waals surface area contributed by atoms with Crippen LogP contribution in [0.15, 0.2) is 17.3 Å². The van der Waals surface area contributed by atoms with Gasteiger partial charge in [0.15, 0.2) is 5.90 Å². The van der Waals surface area contributed by atoms with Gasteiger partial charge in [0.2, 0.25) is 0 Å². The summed E-state index contributed by atoms with van der Waals surface area (Å²) in [5.74, 6) is 4.88. The third-order valence-electron chi connectivity index (χ3n) is 5.38. The quantitative estimate of drug-likeness (QED) is 0.676. The highest BCUT2D eigenvalue weighted by molar-refractivity contribution is 5.84. The van der Waals surface area contributed by atoms with Crippen molar-refractivity contribution >= 4 is 5.90 Å². The smallest absolute Gasteiger partial charge is 0.195 e. The van der Waals surface area contributed by atoms with Crippen LogP contribution in [0.25, 0.3) is 0 Å². The van der Waals surface area contributed by atoms with E-state index < -0.39 is 0 Å². The van der Waals surface area contributed by atoms with E-state index in [1.807, 2.05) is 0 Å². The molecule has 0 aromatic heterocycles. The highest BCUT2D eigenvalue weighted by Crippen LogP contribution is 2.60. The molecule has 0 N–H and O–H groups in total. The van der Waals surface area contributed by atoms with Gasteiger partial charge in [-0.15, -0.1) is 0 Å². The van der Waals surface area contributed by atoms with Crippen LogP contribution in [0.3, 0.4) is 0 Å². The van der Waals surface area contributed by atoms with Crippen molar-refractivity contribution in [3.63, 3.8) is 0 Å². The van der Waals surface area contributed by atoms with E-state index in [4.69, 9.17) is 9.73 Å². The van der Waals surface area contributed by atoms with E-state index in [0.717, 1.165) is 42.4 Å². The van der Waals surface area contributed by atoms with Gasteiger partial charge in [0.05, 0.1) is 0 Å². The third-order valence-corrected chi connectivity index (χ3v) is 5.38. The van der Waals surface area contributed by atoms with Crippen molar-refractivity contribution in [1.29, 1.82) is 0 Å². The summed E-state index contributed by atoms with van der Waals surface area (Å²) in [4.78, 5) is 4.70. The number of ether oxygens (including phenoxy) is 1. The molecule has 4 saturated carbocycles. The Morgan fingerprint density at radius 1 is 1.06 bits per heavy atom. The lowest BCUT2D eigenvalue weighted by Crippen LogP contribution is -2.51. The van der Waals surface area contributed by atoms with Crippen molar-refractivity contribution in [2.24, 2.45) is 28.2 Å². The molecular formula is C15H21NO.